The Kier molecular flexibility index (Phi) is 6.60. The molecule has 1 heterocycles. The Hall–Kier alpha value is -3.03. The fraction of sp³-hybridized carbons (Fsp3) is 0.389. The van der Waals surface area contributed by atoms with Crippen LogP contribution in [0.25, 0.3) is 0 Å². The van der Waals surface area contributed by atoms with E-state index in [1.165, 1.54) is 4.90 Å². The van der Waals surface area contributed by atoms with Gasteiger partial charge in [0, 0.05) is 19.5 Å². The van der Waals surface area contributed by atoms with Crippen molar-refractivity contribution >= 4 is 17.6 Å². The Bertz CT molecular complexity index is 772. The number of aromatic nitrogens is 1. The maximum absolute atomic E-state index is 12.2. The Labute approximate surface area is 152 Å². The van der Waals surface area contributed by atoms with Crippen molar-refractivity contribution in [1.82, 2.24) is 10.1 Å². The average molecular weight is 361 g/mol. The number of aryl methyl sites for hydroxylation is 2. The molecule has 0 aliphatic carbocycles. The molecule has 0 saturated carbocycles. The molecule has 0 fully saturated rings. The molecule has 0 atom stereocenters. The highest BCUT2D eigenvalue weighted by atomic mass is 16.5. The maximum Gasteiger partial charge on any atom is 0.245 e. The second-order valence-electron chi connectivity index (χ2n) is 5.81. The number of carbonyl (C=O) groups is 2. The summed E-state index contributed by atoms with van der Waals surface area (Å²) in [4.78, 5) is 25.6. The van der Waals surface area contributed by atoms with E-state index >= 15 is 0 Å². The monoisotopic (exact) mass is 361 g/mol. The summed E-state index contributed by atoms with van der Waals surface area (Å²) >= 11 is 0. The van der Waals surface area contributed by atoms with E-state index in [1.807, 2.05) is 12.1 Å². The number of carbonyl (C=O) groups excluding carboxylic acids is 2. The lowest BCUT2D eigenvalue weighted by Gasteiger charge is -2.16. The Morgan fingerprint density at radius 1 is 1.19 bits per heavy atom. The molecule has 2 aromatic rings. The smallest absolute Gasteiger partial charge is 0.245 e. The van der Waals surface area contributed by atoms with E-state index in [9.17, 15) is 9.59 Å². The number of nitrogens with one attached hydrogen (secondary N) is 1. The molecule has 8 nitrogen and oxygen atoms in total. The van der Waals surface area contributed by atoms with E-state index in [4.69, 9.17) is 14.0 Å². The van der Waals surface area contributed by atoms with Crippen molar-refractivity contribution in [3.8, 4) is 11.5 Å². The van der Waals surface area contributed by atoms with E-state index in [0.717, 1.165) is 5.56 Å². The molecule has 0 aliphatic rings. The number of likely N-dealkylation sites (N-methyl/N-ethyl adjacent to an activating group) is 1. The van der Waals surface area contributed by atoms with Gasteiger partial charge in [0.25, 0.3) is 0 Å². The van der Waals surface area contributed by atoms with Gasteiger partial charge in [0.05, 0.1) is 20.8 Å². The first-order chi connectivity index (χ1) is 12.4. The van der Waals surface area contributed by atoms with Gasteiger partial charge in [0.2, 0.25) is 11.8 Å². The minimum Gasteiger partial charge on any atom is -0.493 e. The zero-order valence-electron chi connectivity index (χ0n) is 15.4. The first kappa shape index (κ1) is 19.3. The van der Waals surface area contributed by atoms with Crippen LogP contribution < -0.4 is 14.8 Å². The molecule has 2 amide bonds. The van der Waals surface area contributed by atoms with Crippen LogP contribution in [0.4, 0.5) is 5.82 Å². The number of ether oxygens (including phenoxy) is 2. The zero-order chi connectivity index (χ0) is 19.1. The number of benzene rings is 1. The zero-order valence-corrected chi connectivity index (χ0v) is 15.4. The highest BCUT2D eigenvalue weighted by Crippen LogP contribution is 2.28. The molecule has 1 aromatic carbocycles. The van der Waals surface area contributed by atoms with Crippen molar-refractivity contribution in [2.75, 3.05) is 33.1 Å². The fourth-order valence-corrected chi connectivity index (χ4v) is 2.39. The van der Waals surface area contributed by atoms with Gasteiger partial charge < -0.3 is 24.2 Å². The van der Waals surface area contributed by atoms with E-state index in [-0.39, 0.29) is 24.8 Å². The van der Waals surface area contributed by atoms with Crippen LogP contribution in [0.2, 0.25) is 0 Å². The van der Waals surface area contributed by atoms with Gasteiger partial charge in [-0.1, -0.05) is 11.2 Å². The van der Waals surface area contributed by atoms with Crippen LogP contribution in [-0.4, -0.2) is 49.7 Å². The van der Waals surface area contributed by atoms with E-state index in [0.29, 0.717) is 29.5 Å². The molecule has 0 saturated heterocycles. The van der Waals surface area contributed by atoms with Crippen LogP contribution in [0.1, 0.15) is 17.7 Å². The number of hydrogen-bond donors (Lipinski definition) is 1. The van der Waals surface area contributed by atoms with Crippen LogP contribution in [0, 0.1) is 6.92 Å². The summed E-state index contributed by atoms with van der Waals surface area (Å²) < 4.78 is 15.3. The number of methoxy groups -OCH3 is 2. The second kappa shape index (κ2) is 8.89. The number of anilines is 1. The molecule has 2 rings (SSSR count). The maximum atomic E-state index is 12.2. The molecular weight excluding hydrogens is 338 g/mol. The quantitative estimate of drug-likeness (QED) is 0.773. The van der Waals surface area contributed by atoms with Crippen LogP contribution >= 0.6 is 0 Å². The predicted molar refractivity (Wildman–Crippen MR) is 95.4 cm³/mol. The SMILES string of the molecule is COc1ccc(CCC(=O)N(C)CC(=O)Nc2cc(C)on2)cc1OC. The second-order valence-corrected chi connectivity index (χ2v) is 5.81. The van der Waals surface area contributed by atoms with Crippen LogP contribution in [0.5, 0.6) is 11.5 Å². The molecule has 8 heteroatoms. The lowest BCUT2D eigenvalue weighted by molar-refractivity contribution is -0.133. The number of amides is 2. The van der Waals surface area contributed by atoms with Gasteiger partial charge in [0.15, 0.2) is 17.3 Å². The summed E-state index contributed by atoms with van der Waals surface area (Å²) in [5.41, 5.74) is 0.951. The summed E-state index contributed by atoms with van der Waals surface area (Å²) in [6, 6.07) is 7.13. The third-order valence-corrected chi connectivity index (χ3v) is 3.78. The van der Waals surface area contributed by atoms with Crippen LogP contribution in [-0.2, 0) is 16.0 Å². The molecule has 1 aromatic heterocycles. The lowest BCUT2D eigenvalue weighted by Crippen LogP contribution is -2.35. The van der Waals surface area contributed by atoms with Crippen molar-refractivity contribution < 1.29 is 23.6 Å². The van der Waals surface area contributed by atoms with E-state index in [1.54, 1.807) is 40.3 Å². The molecule has 26 heavy (non-hydrogen) atoms. The van der Waals surface area contributed by atoms with Crippen LogP contribution in [0.15, 0.2) is 28.8 Å². The Morgan fingerprint density at radius 2 is 1.92 bits per heavy atom. The molecule has 140 valence electrons. The van der Waals surface area contributed by atoms with Gasteiger partial charge in [-0.15, -0.1) is 0 Å². The largest absolute Gasteiger partial charge is 0.493 e. The van der Waals surface area contributed by atoms with Crippen LogP contribution in [0.3, 0.4) is 0 Å². The molecule has 0 spiro atoms. The highest BCUT2D eigenvalue weighted by molar-refractivity contribution is 5.93. The van der Waals surface area contributed by atoms with Gasteiger partial charge in [-0.2, -0.15) is 0 Å². The first-order valence-corrected chi connectivity index (χ1v) is 8.11. The number of rotatable bonds is 8. The standard InChI is InChI=1S/C18H23N3O5/c1-12-9-16(20-26-12)19-17(22)11-21(2)18(23)8-6-13-5-7-14(24-3)15(10-13)25-4/h5,7,9-10H,6,8,11H2,1-4H3,(H,19,20,22). The van der Waals surface area contributed by atoms with E-state index < -0.39 is 0 Å². The summed E-state index contributed by atoms with van der Waals surface area (Å²) in [6.45, 7) is 1.67. The normalized spacial score (nSPS) is 10.3. The third kappa shape index (κ3) is 5.23. The van der Waals surface area contributed by atoms with Gasteiger partial charge in [-0.25, -0.2) is 0 Å². The lowest BCUT2D eigenvalue weighted by atomic mass is 10.1. The van der Waals surface area contributed by atoms with Gasteiger partial charge >= 0.3 is 0 Å². The average Bonchev–Trinajstić information content (AvgIpc) is 3.03. The Morgan fingerprint density at radius 3 is 2.54 bits per heavy atom. The van der Waals surface area contributed by atoms with Gasteiger partial charge in [-0.3, -0.25) is 9.59 Å². The number of nitrogens with zero attached hydrogens (tertiary/aromatic N) is 2. The van der Waals surface area contributed by atoms with E-state index in [2.05, 4.69) is 10.5 Å². The third-order valence-electron chi connectivity index (χ3n) is 3.78. The minimum atomic E-state index is -0.333. The van der Waals surface area contributed by atoms with Crippen molar-refractivity contribution in [1.29, 1.82) is 0 Å². The van der Waals surface area contributed by atoms with Crippen molar-refractivity contribution in [3.05, 3.63) is 35.6 Å². The first-order valence-electron chi connectivity index (χ1n) is 8.11. The molecule has 0 unspecified atom stereocenters. The molecule has 0 bridgehead atoms. The Balaban J connectivity index is 1.84. The number of hydrogen-bond acceptors (Lipinski definition) is 6. The molecule has 0 aliphatic heterocycles. The fourth-order valence-electron chi connectivity index (χ4n) is 2.39. The summed E-state index contributed by atoms with van der Waals surface area (Å²) in [7, 11) is 4.72. The molecular formula is C18H23N3O5. The molecule has 1 N–H and O–H groups in total. The molecule has 0 radical (unpaired) electrons. The summed E-state index contributed by atoms with van der Waals surface area (Å²) in [6.07, 6.45) is 0.815. The van der Waals surface area contributed by atoms with Gasteiger partial charge in [-0.05, 0) is 31.0 Å². The highest BCUT2D eigenvalue weighted by Gasteiger charge is 2.15. The predicted octanol–water partition coefficient (Wildman–Crippen LogP) is 2.03. The summed E-state index contributed by atoms with van der Waals surface area (Å²) in [5.74, 6) is 1.72. The van der Waals surface area contributed by atoms with Crippen molar-refractivity contribution in [2.24, 2.45) is 0 Å². The van der Waals surface area contributed by atoms with Crippen molar-refractivity contribution in [3.63, 3.8) is 0 Å². The summed E-state index contributed by atoms with van der Waals surface area (Å²) in [5, 5.41) is 6.26. The van der Waals surface area contributed by atoms with Gasteiger partial charge in [0.1, 0.15) is 5.76 Å². The minimum absolute atomic E-state index is 0.0589. The topological polar surface area (TPSA) is 93.9 Å². The van der Waals surface area contributed by atoms with Crippen molar-refractivity contribution in [2.45, 2.75) is 19.8 Å².